The molecule has 2 saturated heterocycles. The van der Waals surface area contributed by atoms with E-state index in [2.05, 4.69) is 9.97 Å². The zero-order chi connectivity index (χ0) is 19.4. The van der Waals surface area contributed by atoms with Crippen LogP contribution in [0.3, 0.4) is 0 Å². The quantitative estimate of drug-likeness (QED) is 0.742. The fourth-order valence-electron chi connectivity index (χ4n) is 4.14. The second-order valence-electron chi connectivity index (χ2n) is 7.17. The highest BCUT2D eigenvalue weighted by atomic mass is 16.5. The van der Waals surface area contributed by atoms with Crippen LogP contribution in [-0.4, -0.2) is 78.1 Å². The number of aromatic nitrogens is 2. The Hall–Kier alpha value is -2.22. The average Bonchev–Trinajstić information content (AvgIpc) is 2.97. The van der Waals surface area contributed by atoms with Crippen LogP contribution >= 0.6 is 0 Å². The fraction of sp³-hybridized carbons (Fsp3) is 0.684. The fourth-order valence-corrected chi connectivity index (χ4v) is 4.14. The molecule has 27 heavy (non-hydrogen) atoms. The number of methoxy groups -OCH3 is 1. The van der Waals surface area contributed by atoms with Gasteiger partial charge in [-0.2, -0.15) is 0 Å². The first-order valence-corrected chi connectivity index (χ1v) is 9.56. The minimum atomic E-state index is -0.175. The molecular weight excluding hydrogens is 348 g/mol. The number of nitrogens with zero attached hydrogens (tertiary/aromatic N) is 4. The summed E-state index contributed by atoms with van der Waals surface area (Å²) in [6.07, 6.45) is 4.57. The summed E-state index contributed by atoms with van der Waals surface area (Å²) in [6.45, 7) is 7.68. The smallest absolute Gasteiger partial charge is 0.291 e. The summed E-state index contributed by atoms with van der Waals surface area (Å²) in [7, 11) is 1.53. The summed E-state index contributed by atoms with van der Waals surface area (Å²) < 4.78 is 10.6. The van der Waals surface area contributed by atoms with Gasteiger partial charge in [0.1, 0.15) is 0 Å². The molecule has 3 rings (SSSR count). The summed E-state index contributed by atoms with van der Waals surface area (Å²) in [6, 6.07) is 0. The highest BCUT2D eigenvalue weighted by Crippen LogP contribution is 2.45. The molecule has 2 aliphatic heterocycles. The number of rotatable bonds is 6. The van der Waals surface area contributed by atoms with Gasteiger partial charge in [0.05, 0.1) is 32.0 Å². The average molecular weight is 376 g/mol. The van der Waals surface area contributed by atoms with E-state index in [9.17, 15) is 9.59 Å². The summed E-state index contributed by atoms with van der Waals surface area (Å²) in [5, 5.41) is 0. The van der Waals surface area contributed by atoms with Crippen molar-refractivity contribution in [3.05, 3.63) is 18.2 Å². The Bertz CT molecular complexity index is 671. The maximum Gasteiger partial charge on any atom is 0.291 e. The largest absolute Gasteiger partial charge is 0.494 e. The van der Waals surface area contributed by atoms with Gasteiger partial charge >= 0.3 is 0 Å². The van der Waals surface area contributed by atoms with Crippen molar-refractivity contribution in [2.75, 3.05) is 46.5 Å². The summed E-state index contributed by atoms with van der Waals surface area (Å²) in [5.74, 6) is 0.587. The molecule has 1 aromatic rings. The van der Waals surface area contributed by atoms with Crippen LogP contribution in [0, 0.1) is 11.3 Å². The van der Waals surface area contributed by atoms with E-state index in [0.29, 0.717) is 38.6 Å². The molecule has 1 spiro atoms. The molecule has 0 aliphatic carbocycles. The van der Waals surface area contributed by atoms with E-state index in [1.807, 2.05) is 18.7 Å². The Morgan fingerprint density at radius 1 is 1.26 bits per heavy atom. The van der Waals surface area contributed by atoms with Crippen molar-refractivity contribution in [2.24, 2.45) is 11.3 Å². The van der Waals surface area contributed by atoms with Crippen molar-refractivity contribution < 1.29 is 19.1 Å². The number of likely N-dealkylation sites (tertiary alicyclic amines) is 2. The Morgan fingerprint density at radius 3 is 2.48 bits per heavy atom. The molecule has 2 aliphatic rings. The molecule has 1 unspecified atom stereocenters. The van der Waals surface area contributed by atoms with E-state index in [1.54, 1.807) is 4.90 Å². The lowest BCUT2D eigenvalue weighted by molar-refractivity contribution is -0.133. The van der Waals surface area contributed by atoms with Gasteiger partial charge in [0, 0.05) is 38.2 Å². The van der Waals surface area contributed by atoms with Crippen molar-refractivity contribution in [1.82, 2.24) is 19.8 Å². The molecule has 1 aromatic heterocycles. The van der Waals surface area contributed by atoms with Crippen LogP contribution in [0.15, 0.2) is 12.4 Å². The predicted molar refractivity (Wildman–Crippen MR) is 98.4 cm³/mol. The number of hydrogen-bond acceptors (Lipinski definition) is 6. The standard InChI is InChI=1S/C19H28N4O4/c1-4-22-13-19(15(17(22)24)12-27-5-2)6-8-23(9-7-19)18(25)16-20-10-14(26-3)11-21-16/h10-11,15H,4-9,12-13H2,1-3H3. The van der Waals surface area contributed by atoms with Gasteiger partial charge in [-0.1, -0.05) is 0 Å². The first-order valence-electron chi connectivity index (χ1n) is 9.56. The van der Waals surface area contributed by atoms with Crippen molar-refractivity contribution >= 4 is 11.8 Å². The molecule has 148 valence electrons. The summed E-state index contributed by atoms with van der Waals surface area (Å²) >= 11 is 0. The topological polar surface area (TPSA) is 84.9 Å². The lowest BCUT2D eigenvalue weighted by Gasteiger charge is -2.41. The van der Waals surface area contributed by atoms with Gasteiger partial charge < -0.3 is 19.3 Å². The minimum absolute atomic E-state index is 0.111. The molecule has 3 heterocycles. The summed E-state index contributed by atoms with van der Waals surface area (Å²) in [4.78, 5) is 37.3. The molecule has 0 radical (unpaired) electrons. The third kappa shape index (κ3) is 3.76. The van der Waals surface area contributed by atoms with E-state index in [0.717, 1.165) is 19.4 Å². The van der Waals surface area contributed by atoms with E-state index in [-0.39, 0.29) is 29.0 Å². The number of carbonyl (C=O) groups is 2. The third-order valence-corrected chi connectivity index (χ3v) is 5.83. The lowest BCUT2D eigenvalue weighted by Crippen LogP contribution is -2.47. The van der Waals surface area contributed by atoms with Gasteiger partial charge in [-0.3, -0.25) is 9.59 Å². The van der Waals surface area contributed by atoms with Gasteiger partial charge in [0.2, 0.25) is 11.7 Å². The first-order chi connectivity index (χ1) is 13.0. The van der Waals surface area contributed by atoms with Crippen molar-refractivity contribution in [1.29, 1.82) is 0 Å². The predicted octanol–water partition coefficient (Wildman–Crippen LogP) is 1.22. The van der Waals surface area contributed by atoms with E-state index in [1.165, 1.54) is 19.5 Å². The number of hydrogen-bond donors (Lipinski definition) is 0. The zero-order valence-corrected chi connectivity index (χ0v) is 16.3. The van der Waals surface area contributed by atoms with Gasteiger partial charge in [0.25, 0.3) is 5.91 Å². The molecule has 0 bridgehead atoms. The molecule has 1 atom stereocenters. The number of piperidine rings is 1. The Morgan fingerprint density at radius 2 is 1.93 bits per heavy atom. The van der Waals surface area contributed by atoms with Gasteiger partial charge in [-0.05, 0) is 26.7 Å². The Balaban J connectivity index is 1.68. The molecule has 0 saturated carbocycles. The Kier molecular flexibility index (Phi) is 5.94. The van der Waals surface area contributed by atoms with Gasteiger partial charge in [0.15, 0.2) is 5.75 Å². The number of ether oxygens (including phenoxy) is 2. The van der Waals surface area contributed by atoms with Crippen LogP contribution < -0.4 is 4.74 Å². The zero-order valence-electron chi connectivity index (χ0n) is 16.3. The van der Waals surface area contributed by atoms with Crippen LogP contribution in [0.4, 0.5) is 0 Å². The van der Waals surface area contributed by atoms with Crippen LogP contribution in [0.5, 0.6) is 5.75 Å². The summed E-state index contributed by atoms with van der Waals surface area (Å²) in [5.41, 5.74) is -0.111. The van der Waals surface area contributed by atoms with E-state index >= 15 is 0 Å². The minimum Gasteiger partial charge on any atom is -0.494 e. The highest BCUT2D eigenvalue weighted by molar-refractivity contribution is 5.90. The maximum absolute atomic E-state index is 12.7. The molecule has 0 N–H and O–H groups in total. The monoisotopic (exact) mass is 376 g/mol. The Labute approximate surface area is 159 Å². The molecule has 8 heteroatoms. The molecule has 8 nitrogen and oxygen atoms in total. The van der Waals surface area contributed by atoms with Crippen molar-refractivity contribution in [2.45, 2.75) is 26.7 Å². The SMILES string of the molecule is CCOCC1C(=O)N(CC)CC12CCN(C(=O)c1ncc(OC)cn1)CC2. The molecular formula is C19H28N4O4. The van der Waals surface area contributed by atoms with Crippen molar-refractivity contribution in [3.63, 3.8) is 0 Å². The number of carbonyl (C=O) groups excluding carboxylic acids is 2. The highest BCUT2D eigenvalue weighted by Gasteiger charge is 2.53. The van der Waals surface area contributed by atoms with Gasteiger partial charge in [-0.25, -0.2) is 9.97 Å². The van der Waals surface area contributed by atoms with Crippen LogP contribution in [0.25, 0.3) is 0 Å². The van der Waals surface area contributed by atoms with Gasteiger partial charge in [-0.15, -0.1) is 0 Å². The van der Waals surface area contributed by atoms with E-state index in [4.69, 9.17) is 9.47 Å². The van der Waals surface area contributed by atoms with E-state index < -0.39 is 0 Å². The second-order valence-corrected chi connectivity index (χ2v) is 7.17. The third-order valence-electron chi connectivity index (χ3n) is 5.83. The lowest BCUT2D eigenvalue weighted by atomic mass is 9.71. The van der Waals surface area contributed by atoms with Crippen LogP contribution in [0.2, 0.25) is 0 Å². The molecule has 2 fully saturated rings. The van der Waals surface area contributed by atoms with Crippen molar-refractivity contribution in [3.8, 4) is 5.75 Å². The molecule has 0 aromatic carbocycles. The molecule has 2 amide bonds. The first kappa shape index (κ1) is 19.5. The van der Waals surface area contributed by atoms with Crippen LogP contribution in [-0.2, 0) is 9.53 Å². The second kappa shape index (κ2) is 8.21. The number of amides is 2. The normalized spacial score (nSPS) is 21.7. The van der Waals surface area contributed by atoms with Crippen LogP contribution in [0.1, 0.15) is 37.3 Å². The maximum atomic E-state index is 12.7.